The number of hydrogen-bond donors (Lipinski definition) is 1. The molecule has 0 unspecified atom stereocenters. The molecule has 0 saturated carbocycles. The molecule has 2 aromatic carbocycles. The fourth-order valence-corrected chi connectivity index (χ4v) is 2.75. The van der Waals surface area contributed by atoms with Gasteiger partial charge in [-0.1, -0.05) is 47.5 Å². The van der Waals surface area contributed by atoms with Crippen LogP contribution in [0.4, 0.5) is 0 Å². The van der Waals surface area contributed by atoms with E-state index in [0.29, 0.717) is 6.54 Å². The molecule has 0 radical (unpaired) electrons. The molecule has 0 atom stereocenters. The minimum atomic E-state index is 0.143. The van der Waals surface area contributed by atoms with Crippen molar-refractivity contribution in [2.75, 3.05) is 6.54 Å². The van der Waals surface area contributed by atoms with Crippen LogP contribution in [0.5, 0.6) is 0 Å². The van der Waals surface area contributed by atoms with Crippen LogP contribution >= 0.6 is 23.2 Å². The molecule has 1 aliphatic rings. The number of rotatable bonds is 3. The summed E-state index contributed by atoms with van der Waals surface area (Å²) in [7, 11) is 0. The summed E-state index contributed by atoms with van der Waals surface area (Å²) in [6.45, 7) is 0.683. The Morgan fingerprint density at radius 3 is 1.81 bits per heavy atom. The van der Waals surface area contributed by atoms with Gasteiger partial charge in [0, 0.05) is 22.2 Å². The highest BCUT2D eigenvalue weighted by Gasteiger charge is 2.19. The van der Waals surface area contributed by atoms with Crippen molar-refractivity contribution in [1.29, 1.82) is 0 Å². The van der Waals surface area contributed by atoms with Crippen LogP contribution in [0.1, 0.15) is 17.0 Å². The summed E-state index contributed by atoms with van der Waals surface area (Å²) in [5.41, 5.74) is 3.58. The van der Waals surface area contributed by atoms with Crippen LogP contribution in [-0.2, 0) is 0 Å². The minimum Gasteiger partial charge on any atom is -0.353 e. The van der Waals surface area contributed by atoms with Crippen LogP contribution in [0.15, 0.2) is 65.3 Å². The second-order valence-electron chi connectivity index (χ2n) is 4.89. The van der Waals surface area contributed by atoms with Gasteiger partial charge in [0.15, 0.2) is 0 Å². The quantitative estimate of drug-likeness (QED) is 0.876. The van der Waals surface area contributed by atoms with E-state index in [9.17, 15) is 0 Å². The van der Waals surface area contributed by atoms with Crippen molar-refractivity contribution in [3.05, 3.63) is 81.5 Å². The van der Waals surface area contributed by atoms with Crippen LogP contribution in [0, 0.1) is 0 Å². The van der Waals surface area contributed by atoms with Crippen molar-refractivity contribution in [1.82, 2.24) is 5.32 Å². The Bertz CT molecular complexity index is 627. The SMILES string of the molecule is Clc1ccc(C(C2=CNC=NC2)c2ccc(Cl)cc2)cc1. The topological polar surface area (TPSA) is 24.4 Å². The van der Waals surface area contributed by atoms with Gasteiger partial charge in [0.25, 0.3) is 0 Å². The Morgan fingerprint density at radius 2 is 1.38 bits per heavy atom. The lowest BCUT2D eigenvalue weighted by molar-refractivity contribution is 0.873. The van der Waals surface area contributed by atoms with Crippen LogP contribution in [0.2, 0.25) is 10.0 Å². The third kappa shape index (κ3) is 3.29. The van der Waals surface area contributed by atoms with E-state index in [1.54, 1.807) is 6.34 Å². The predicted octanol–water partition coefficient (Wildman–Crippen LogP) is 4.64. The molecule has 0 amide bonds. The van der Waals surface area contributed by atoms with E-state index in [4.69, 9.17) is 23.2 Å². The van der Waals surface area contributed by atoms with Gasteiger partial charge in [-0.3, -0.25) is 4.99 Å². The van der Waals surface area contributed by atoms with Crippen molar-refractivity contribution in [2.24, 2.45) is 4.99 Å². The molecule has 0 saturated heterocycles. The highest BCUT2D eigenvalue weighted by molar-refractivity contribution is 6.30. The van der Waals surface area contributed by atoms with E-state index < -0.39 is 0 Å². The largest absolute Gasteiger partial charge is 0.353 e. The normalized spacial score (nSPS) is 14.0. The number of nitrogens with one attached hydrogen (secondary N) is 1. The second-order valence-corrected chi connectivity index (χ2v) is 5.76. The summed E-state index contributed by atoms with van der Waals surface area (Å²) in [6.07, 6.45) is 3.73. The standard InChI is InChI=1S/C17H14Cl2N2/c18-15-5-1-12(2-6-15)17(14-9-20-11-21-10-14)13-3-7-16(19)8-4-13/h1-9,11,17H,10H2,(H,20,21). The molecular formula is C17H14Cl2N2. The molecule has 2 aromatic rings. The maximum absolute atomic E-state index is 6.00. The smallest absolute Gasteiger partial charge is 0.0867 e. The molecule has 0 bridgehead atoms. The van der Waals surface area contributed by atoms with Gasteiger partial charge >= 0.3 is 0 Å². The van der Waals surface area contributed by atoms with E-state index in [-0.39, 0.29) is 5.92 Å². The number of hydrogen-bond acceptors (Lipinski definition) is 2. The molecule has 1 N–H and O–H groups in total. The van der Waals surface area contributed by atoms with Crippen LogP contribution in [-0.4, -0.2) is 12.9 Å². The first kappa shape index (κ1) is 14.2. The first-order valence-corrected chi connectivity index (χ1v) is 7.44. The van der Waals surface area contributed by atoms with Crippen molar-refractivity contribution in [3.63, 3.8) is 0 Å². The zero-order valence-corrected chi connectivity index (χ0v) is 12.8. The van der Waals surface area contributed by atoms with Gasteiger partial charge in [-0.15, -0.1) is 0 Å². The molecule has 2 nitrogen and oxygen atoms in total. The maximum Gasteiger partial charge on any atom is 0.0867 e. The summed E-state index contributed by atoms with van der Waals surface area (Å²) >= 11 is 12.0. The summed E-state index contributed by atoms with van der Waals surface area (Å²) in [6, 6.07) is 15.9. The first-order chi connectivity index (χ1) is 10.2. The van der Waals surface area contributed by atoms with E-state index in [0.717, 1.165) is 10.0 Å². The van der Waals surface area contributed by atoms with Crippen molar-refractivity contribution in [3.8, 4) is 0 Å². The molecule has 1 heterocycles. The third-order valence-electron chi connectivity index (χ3n) is 3.49. The van der Waals surface area contributed by atoms with Gasteiger partial charge in [0.05, 0.1) is 12.9 Å². The zero-order chi connectivity index (χ0) is 14.7. The Kier molecular flexibility index (Phi) is 4.28. The summed E-state index contributed by atoms with van der Waals surface area (Å²) in [5.74, 6) is 0.143. The van der Waals surface area contributed by atoms with E-state index >= 15 is 0 Å². The molecule has 0 aromatic heterocycles. The molecule has 21 heavy (non-hydrogen) atoms. The lowest BCUT2D eigenvalue weighted by Crippen LogP contribution is -2.16. The lowest BCUT2D eigenvalue weighted by Gasteiger charge is -2.22. The molecule has 106 valence electrons. The van der Waals surface area contributed by atoms with Crippen molar-refractivity contribution in [2.45, 2.75) is 5.92 Å². The van der Waals surface area contributed by atoms with Crippen molar-refractivity contribution >= 4 is 29.5 Å². The van der Waals surface area contributed by atoms with Gasteiger partial charge in [0.2, 0.25) is 0 Å². The molecular weight excluding hydrogens is 303 g/mol. The molecule has 3 rings (SSSR count). The van der Waals surface area contributed by atoms with E-state index in [2.05, 4.69) is 34.6 Å². The Labute approximate surface area is 134 Å². The predicted molar refractivity (Wildman–Crippen MR) is 89.3 cm³/mol. The van der Waals surface area contributed by atoms with Gasteiger partial charge < -0.3 is 5.32 Å². The van der Waals surface area contributed by atoms with Crippen LogP contribution < -0.4 is 5.32 Å². The van der Waals surface area contributed by atoms with Gasteiger partial charge in [-0.25, -0.2) is 0 Å². The van der Waals surface area contributed by atoms with Gasteiger partial charge in [0.1, 0.15) is 0 Å². The van der Waals surface area contributed by atoms with E-state index in [1.807, 2.05) is 30.5 Å². The average Bonchev–Trinajstić information content (AvgIpc) is 2.52. The number of aliphatic imine (C=N–C) groups is 1. The zero-order valence-electron chi connectivity index (χ0n) is 11.3. The third-order valence-corrected chi connectivity index (χ3v) is 3.99. The minimum absolute atomic E-state index is 0.143. The van der Waals surface area contributed by atoms with Crippen LogP contribution in [0.3, 0.4) is 0 Å². The highest BCUT2D eigenvalue weighted by Crippen LogP contribution is 2.33. The first-order valence-electron chi connectivity index (χ1n) is 6.68. The molecule has 0 aliphatic carbocycles. The molecule has 0 fully saturated rings. The second kappa shape index (κ2) is 6.33. The molecule has 4 heteroatoms. The average molecular weight is 317 g/mol. The monoisotopic (exact) mass is 316 g/mol. The fourth-order valence-electron chi connectivity index (χ4n) is 2.50. The Balaban J connectivity index is 2.03. The summed E-state index contributed by atoms with van der Waals surface area (Å²) in [4.78, 5) is 4.31. The number of nitrogens with zero attached hydrogens (tertiary/aromatic N) is 1. The highest BCUT2D eigenvalue weighted by atomic mass is 35.5. The Morgan fingerprint density at radius 1 is 0.857 bits per heavy atom. The number of benzene rings is 2. The lowest BCUT2D eigenvalue weighted by atomic mass is 9.85. The van der Waals surface area contributed by atoms with Crippen LogP contribution in [0.25, 0.3) is 0 Å². The van der Waals surface area contributed by atoms with Gasteiger partial charge in [-0.2, -0.15) is 0 Å². The maximum atomic E-state index is 6.00. The number of halogens is 2. The summed E-state index contributed by atoms with van der Waals surface area (Å²) < 4.78 is 0. The van der Waals surface area contributed by atoms with Gasteiger partial charge in [-0.05, 0) is 41.0 Å². The fraction of sp³-hybridized carbons (Fsp3) is 0.118. The van der Waals surface area contributed by atoms with E-state index in [1.165, 1.54) is 16.7 Å². The molecule has 0 spiro atoms. The summed E-state index contributed by atoms with van der Waals surface area (Å²) in [5, 5.41) is 4.55. The Hall–Kier alpha value is -1.77. The van der Waals surface area contributed by atoms with Crippen molar-refractivity contribution < 1.29 is 0 Å². The molecule has 1 aliphatic heterocycles.